The highest BCUT2D eigenvalue weighted by molar-refractivity contribution is 5.66. The number of hydrogen-bond donors (Lipinski definition) is 0. The molecule has 0 aromatic heterocycles. The first-order chi connectivity index (χ1) is 13.5. The molecule has 3 aliphatic rings. The Morgan fingerprint density at radius 3 is 1.36 bits per heavy atom. The number of fused-ring (bicyclic) bond motifs is 2. The maximum Gasteiger partial charge on any atom is 0.302 e. The molecule has 4 unspecified atom stereocenters. The molecule has 3 rings (SSSR count). The molecule has 0 aromatic rings. The molecule has 3 fully saturated rings. The third-order valence-corrected chi connectivity index (χ3v) is 6.86. The van der Waals surface area contributed by atoms with Crippen molar-refractivity contribution in [2.24, 2.45) is 23.7 Å². The van der Waals surface area contributed by atoms with Crippen LogP contribution in [0.4, 0.5) is 0 Å². The van der Waals surface area contributed by atoms with E-state index in [-0.39, 0.29) is 11.9 Å². The van der Waals surface area contributed by atoms with Gasteiger partial charge >= 0.3 is 11.9 Å². The largest absolute Gasteiger partial charge is 0.466 e. The Kier molecular flexibility index (Phi) is 8.15. The molecule has 4 atom stereocenters. The highest BCUT2D eigenvalue weighted by Crippen LogP contribution is 2.45. The minimum Gasteiger partial charge on any atom is -0.466 e. The highest BCUT2D eigenvalue weighted by Gasteiger charge is 2.45. The summed E-state index contributed by atoms with van der Waals surface area (Å²) in [6.45, 7) is 11.5. The average Bonchev–Trinajstić information content (AvgIpc) is 3.20. The molecular formula is C22H38N2O4. The molecule has 2 aliphatic heterocycles. The first-order valence-electron chi connectivity index (χ1n) is 11.2. The zero-order chi connectivity index (χ0) is 19.9. The SMILES string of the molecule is CC(=O)OCCCCN1CC2CC3CN(CCCCOC(C)=O)CC3CC2C1. The molecule has 0 amide bonds. The maximum absolute atomic E-state index is 10.8. The number of unbranched alkanes of at least 4 members (excludes halogenated alkanes) is 2. The lowest BCUT2D eigenvalue weighted by atomic mass is 9.71. The van der Waals surface area contributed by atoms with E-state index >= 15 is 0 Å². The van der Waals surface area contributed by atoms with Crippen LogP contribution in [0.25, 0.3) is 0 Å². The van der Waals surface area contributed by atoms with Crippen LogP contribution in [0.15, 0.2) is 0 Å². The number of carbonyl (C=O) groups is 2. The van der Waals surface area contributed by atoms with Crippen molar-refractivity contribution in [3.8, 4) is 0 Å². The van der Waals surface area contributed by atoms with Gasteiger partial charge in [0.2, 0.25) is 0 Å². The Hall–Kier alpha value is -1.14. The van der Waals surface area contributed by atoms with E-state index < -0.39 is 0 Å². The van der Waals surface area contributed by atoms with Crippen molar-refractivity contribution >= 4 is 11.9 Å². The molecule has 0 N–H and O–H groups in total. The van der Waals surface area contributed by atoms with E-state index in [0.29, 0.717) is 13.2 Å². The molecular weight excluding hydrogens is 356 g/mol. The number of carbonyl (C=O) groups excluding carboxylic acids is 2. The van der Waals surface area contributed by atoms with Gasteiger partial charge in [-0.05, 0) is 75.3 Å². The molecule has 0 spiro atoms. The predicted octanol–water partition coefficient (Wildman–Crippen LogP) is 2.56. The summed E-state index contributed by atoms with van der Waals surface area (Å²) >= 11 is 0. The van der Waals surface area contributed by atoms with Gasteiger partial charge in [0.25, 0.3) is 0 Å². The Balaban J connectivity index is 1.30. The number of ether oxygens (including phenoxy) is 2. The average molecular weight is 395 g/mol. The number of hydrogen-bond acceptors (Lipinski definition) is 6. The number of rotatable bonds is 10. The van der Waals surface area contributed by atoms with Gasteiger partial charge in [0.1, 0.15) is 0 Å². The second kappa shape index (κ2) is 10.6. The lowest BCUT2D eigenvalue weighted by molar-refractivity contribution is -0.142. The van der Waals surface area contributed by atoms with E-state index in [1.807, 2.05) is 0 Å². The highest BCUT2D eigenvalue weighted by atomic mass is 16.5. The van der Waals surface area contributed by atoms with E-state index in [4.69, 9.17) is 9.47 Å². The summed E-state index contributed by atoms with van der Waals surface area (Å²) in [5.41, 5.74) is 0. The van der Waals surface area contributed by atoms with Crippen molar-refractivity contribution in [2.45, 2.75) is 52.4 Å². The second-order valence-electron chi connectivity index (χ2n) is 9.13. The Labute approximate surface area is 169 Å². The fourth-order valence-electron chi connectivity index (χ4n) is 5.59. The van der Waals surface area contributed by atoms with Gasteiger partial charge in [0, 0.05) is 40.0 Å². The zero-order valence-corrected chi connectivity index (χ0v) is 17.7. The summed E-state index contributed by atoms with van der Waals surface area (Å²) in [4.78, 5) is 26.9. The lowest BCUT2D eigenvalue weighted by Gasteiger charge is -2.33. The first kappa shape index (κ1) is 21.6. The molecule has 1 saturated carbocycles. The summed E-state index contributed by atoms with van der Waals surface area (Å²) in [7, 11) is 0. The van der Waals surface area contributed by atoms with Gasteiger partial charge in [-0.15, -0.1) is 0 Å². The summed E-state index contributed by atoms with van der Waals surface area (Å²) in [5, 5.41) is 0. The van der Waals surface area contributed by atoms with E-state index in [9.17, 15) is 9.59 Å². The van der Waals surface area contributed by atoms with Crippen molar-refractivity contribution in [1.29, 1.82) is 0 Å². The molecule has 0 bridgehead atoms. The minimum absolute atomic E-state index is 0.169. The zero-order valence-electron chi connectivity index (χ0n) is 17.7. The molecule has 0 radical (unpaired) electrons. The van der Waals surface area contributed by atoms with Crippen LogP contribution >= 0.6 is 0 Å². The molecule has 2 heterocycles. The number of esters is 2. The maximum atomic E-state index is 10.8. The van der Waals surface area contributed by atoms with Crippen LogP contribution in [0.3, 0.4) is 0 Å². The molecule has 160 valence electrons. The van der Waals surface area contributed by atoms with Crippen LogP contribution in [0.2, 0.25) is 0 Å². The smallest absolute Gasteiger partial charge is 0.302 e. The molecule has 28 heavy (non-hydrogen) atoms. The van der Waals surface area contributed by atoms with Gasteiger partial charge in [-0.3, -0.25) is 9.59 Å². The van der Waals surface area contributed by atoms with Crippen molar-refractivity contribution < 1.29 is 19.1 Å². The molecule has 1 aliphatic carbocycles. The normalized spacial score (nSPS) is 30.1. The molecule has 6 heteroatoms. The minimum atomic E-state index is -0.169. The second-order valence-corrected chi connectivity index (χ2v) is 9.13. The van der Waals surface area contributed by atoms with E-state index in [2.05, 4.69) is 9.80 Å². The van der Waals surface area contributed by atoms with Gasteiger partial charge < -0.3 is 19.3 Å². The quantitative estimate of drug-likeness (QED) is 0.419. The van der Waals surface area contributed by atoms with Crippen molar-refractivity contribution in [3.63, 3.8) is 0 Å². The summed E-state index contributed by atoms with van der Waals surface area (Å²) in [6.07, 6.45) is 7.01. The third kappa shape index (κ3) is 6.45. The van der Waals surface area contributed by atoms with Crippen LogP contribution in [-0.2, 0) is 19.1 Å². The number of nitrogens with zero attached hydrogens (tertiary/aromatic N) is 2. The Bertz CT molecular complexity index is 461. The van der Waals surface area contributed by atoms with E-state index in [0.717, 1.165) is 62.4 Å². The van der Waals surface area contributed by atoms with Crippen molar-refractivity contribution in [2.75, 3.05) is 52.5 Å². The van der Waals surface area contributed by atoms with Gasteiger partial charge in [-0.2, -0.15) is 0 Å². The van der Waals surface area contributed by atoms with Gasteiger partial charge in [0.05, 0.1) is 13.2 Å². The predicted molar refractivity (Wildman–Crippen MR) is 108 cm³/mol. The standard InChI is InChI=1S/C22H38N2O4/c1-17(25)27-9-5-3-7-23-13-19-11-21-15-24(8-4-6-10-28-18(2)26)16-22(21)12-20(19)14-23/h19-22H,3-16H2,1-2H3. The van der Waals surface area contributed by atoms with Crippen LogP contribution < -0.4 is 0 Å². The van der Waals surface area contributed by atoms with Gasteiger partial charge in [-0.1, -0.05) is 0 Å². The van der Waals surface area contributed by atoms with Crippen LogP contribution in [-0.4, -0.2) is 74.2 Å². The third-order valence-electron chi connectivity index (χ3n) is 6.86. The van der Waals surface area contributed by atoms with E-state index in [1.165, 1.54) is 52.9 Å². The van der Waals surface area contributed by atoms with Crippen molar-refractivity contribution in [1.82, 2.24) is 9.80 Å². The molecule has 0 aromatic carbocycles. The van der Waals surface area contributed by atoms with Crippen LogP contribution in [0.1, 0.15) is 52.4 Å². The summed E-state index contributed by atoms with van der Waals surface area (Å²) in [6, 6.07) is 0. The topological polar surface area (TPSA) is 59.1 Å². The van der Waals surface area contributed by atoms with Crippen molar-refractivity contribution in [3.05, 3.63) is 0 Å². The first-order valence-corrected chi connectivity index (χ1v) is 11.2. The van der Waals surface area contributed by atoms with Gasteiger partial charge in [-0.25, -0.2) is 0 Å². The summed E-state index contributed by atoms with van der Waals surface area (Å²) < 4.78 is 10.1. The van der Waals surface area contributed by atoms with Gasteiger partial charge in [0.15, 0.2) is 0 Å². The number of likely N-dealkylation sites (tertiary alicyclic amines) is 2. The Morgan fingerprint density at radius 1 is 0.679 bits per heavy atom. The van der Waals surface area contributed by atoms with E-state index in [1.54, 1.807) is 0 Å². The Morgan fingerprint density at radius 2 is 1.04 bits per heavy atom. The summed E-state index contributed by atoms with van der Waals surface area (Å²) in [5.74, 6) is 3.21. The lowest BCUT2D eigenvalue weighted by Crippen LogP contribution is -2.30. The molecule has 6 nitrogen and oxygen atoms in total. The molecule has 2 saturated heterocycles. The monoisotopic (exact) mass is 394 g/mol. The van der Waals surface area contributed by atoms with Crippen LogP contribution in [0.5, 0.6) is 0 Å². The fourth-order valence-corrected chi connectivity index (χ4v) is 5.59. The fraction of sp³-hybridized carbons (Fsp3) is 0.909. The van der Waals surface area contributed by atoms with Crippen LogP contribution in [0, 0.1) is 23.7 Å².